The van der Waals surface area contributed by atoms with Crippen molar-refractivity contribution < 1.29 is 32.0 Å². The van der Waals surface area contributed by atoms with Crippen LogP contribution in [-0.2, 0) is 4.74 Å². The number of aldehydes is 1. The number of ether oxygens (including phenoxy) is 1. The highest BCUT2D eigenvalue weighted by Gasteiger charge is 2.47. The minimum atomic E-state index is -2.94. The maximum atomic E-state index is 15.2. The maximum Gasteiger partial charge on any atom is 0.282 e. The van der Waals surface area contributed by atoms with Gasteiger partial charge in [-0.2, -0.15) is 0 Å². The average Bonchev–Trinajstić information content (AvgIpc) is 3.02. The molecule has 10 heteroatoms. The van der Waals surface area contributed by atoms with Crippen molar-refractivity contribution in [3.05, 3.63) is 23.1 Å². The molecule has 2 aliphatic rings. The van der Waals surface area contributed by atoms with Gasteiger partial charge in [-0.05, 0) is 19.9 Å². The van der Waals surface area contributed by atoms with Gasteiger partial charge in [-0.25, -0.2) is 13.2 Å². The molecular formula is C18H18F3N3O4. The Morgan fingerprint density at radius 1 is 1.29 bits per heavy atom. The van der Waals surface area contributed by atoms with Crippen molar-refractivity contribution in [2.75, 3.05) is 31.1 Å². The Hall–Kier alpha value is -2.62. The summed E-state index contributed by atoms with van der Waals surface area (Å²) in [6, 6.07) is 1.31. The molecule has 1 aromatic heterocycles. The number of hydrogen-bond acceptors (Lipinski definition) is 6. The fourth-order valence-corrected chi connectivity index (χ4v) is 3.78. The van der Waals surface area contributed by atoms with E-state index in [1.54, 1.807) is 4.90 Å². The number of anilines is 1. The highest BCUT2D eigenvalue weighted by atomic mass is 19.3. The van der Waals surface area contributed by atoms with E-state index < -0.39 is 30.7 Å². The molecule has 0 radical (unpaired) electrons. The monoisotopic (exact) mass is 397 g/mol. The number of nitrogens with zero attached hydrogens (tertiary/aromatic N) is 3. The number of benzene rings is 1. The molecule has 0 N–H and O–H groups in total. The summed E-state index contributed by atoms with van der Waals surface area (Å²) in [7, 11) is 0. The average molecular weight is 397 g/mol. The van der Waals surface area contributed by atoms with Crippen molar-refractivity contribution in [2.45, 2.75) is 32.0 Å². The number of amides is 1. The summed E-state index contributed by atoms with van der Waals surface area (Å²) in [5.74, 6) is -4.55. The number of carbonyl (C=O) groups is 2. The van der Waals surface area contributed by atoms with Crippen LogP contribution in [0.25, 0.3) is 11.0 Å². The van der Waals surface area contributed by atoms with Gasteiger partial charge in [0.25, 0.3) is 11.8 Å². The third-order valence-corrected chi connectivity index (χ3v) is 4.91. The number of likely N-dealkylation sites (tertiary alicyclic amines) is 1. The predicted molar refractivity (Wildman–Crippen MR) is 92.4 cm³/mol. The van der Waals surface area contributed by atoms with Crippen LogP contribution in [0, 0.1) is 5.82 Å². The van der Waals surface area contributed by atoms with Crippen LogP contribution in [0.1, 0.15) is 34.7 Å². The Bertz CT molecular complexity index is 943. The fourth-order valence-electron chi connectivity index (χ4n) is 3.78. The van der Waals surface area contributed by atoms with E-state index in [-0.39, 0.29) is 40.1 Å². The minimum Gasteiger partial charge on any atom is -0.372 e. The molecule has 7 nitrogen and oxygen atoms in total. The Morgan fingerprint density at radius 2 is 1.93 bits per heavy atom. The van der Waals surface area contributed by atoms with Gasteiger partial charge >= 0.3 is 0 Å². The van der Waals surface area contributed by atoms with E-state index in [1.807, 2.05) is 13.8 Å². The van der Waals surface area contributed by atoms with E-state index in [0.717, 1.165) is 4.90 Å². The minimum absolute atomic E-state index is 0.0158. The number of hydrogen-bond donors (Lipinski definition) is 0. The summed E-state index contributed by atoms with van der Waals surface area (Å²) >= 11 is 0. The normalized spacial score (nSPS) is 24.3. The highest BCUT2D eigenvalue weighted by Crippen LogP contribution is 2.35. The van der Waals surface area contributed by atoms with Crippen molar-refractivity contribution in [2.24, 2.45) is 0 Å². The van der Waals surface area contributed by atoms with Crippen LogP contribution in [0.5, 0.6) is 0 Å². The topological polar surface area (TPSA) is 75.9 Å². The quantitative estimate of drug-likeness (QED) is 0.741. The summed E-state index contributed by atoms with van der Waals surface area (Å²) < 4.78 is 52.0. The number of fused-ring (bicyclic) bond motifs is 1. The second-order valence-electron chi connectivity index (χ2n) is 7.33. The van der Waals surface area contributed by atoms with Crippen LogP contribution in [-0.4, -0.2) is 66.6 Å². The van der Waals surface area contributed by atoms with Crippen molar-refractivity contribution >= 4 is 28.8 Å². The molecule has 2 fully saturated rings. The van der Waals surface area contributed by atoms with Gasteiger partial charge in [0.05, 0.1) is 36.4 Å². The molecule has 0 spiro atoms. The molecule has 1 aromatic carbocycles. The van der Waals surface area contributed by atoms with E-state index in [0.29, 0.717) is 19.4 Å². The SMILES string of the molecule is C[C@@H]1CN(c2c(C=O)cc3c(C(=O)N4CC(F)(F)C4)noc3c2F)C[C@H](C)O1. The number of morpholine rings is 1. The van der Waals surface area contributed by atoms with Crippen LogP contribution in [0.15, 0.2) is 10.6 Å². The summed E-state index contributed by atoms with van der Waals surface area (Å²) in [6.45, 7) is 2.96. The molecule has 3 heterocycles. The lowest BCUT2D eigenvalue weighted by atomic mass is 10.0. The molecule has 0 aliphatic carbocycles. The zero-order valence-electron chi connectivity index (χ0n) is 15.2. The third kappa shape index (κ3) is 3.01. The smallest absolute Gasteiger partial charge is 0.282 e. The van der Waals surface area contributed by atoms with Crippen LogP contribution in [0.2, 0.25) is 0 Å². The number of halogens is 3. The molecular weight excluding hydrogens is 379 g/mol. The first kappa shape index (κ1) is 18.7. The summed E-state index contributed by atoms with van der Waals surface area (Å²) in [5, 5.41) is 3.57. The summed E-state index contributed by atoms with van der Waals surface area (Å²) in [4.78, 5) is 26.6. The predicted octanol–water partition coefficient (Wildman–Crippen LogP) is 2.48. The molecule has 2 saturated heterocycles. The van der Waals surface area contributed by atoms with Gasteiger partial charge in [-0.15, -0.1) is 0 Å². The lowest BCUT2D eigenvalue weighted by Crippen LogP contribution is -2.58. The molecule has 2 atom stereocenters. The van der Waals surface area contributed by atoms with Crippen molar-refractivity contribution in [1.82, 2.24) is 10.1 Å². The number of rotatable bonds is 3. The largest absolute Gasteiger partial charge is 0.372 e. The van der Waals surface area contributed by atoms with E-state index in [4.69, 9.17) is 9.26 Å². The van der Waals surface area contributed by atoms with Gasteiger partial charge < -0.3 is 19.1 Å². The molecule has 0 unspecified atom stereocenters. The summed E-state index contributed by atoms with van der Waals surface area (Å²) in [6.07, 6.45) is 0.151. The van der Waals surface area contributed by atoms with Gasteiger partial charge in [-0.1, -0.05) is 5.16 Å². The molecule has 2 aromatic rings. The third-order valence-electron chi connectivity index (χ3n) is 4.91. The standard InChI is InChI=1S/C18H18F3N3O4/c1-9-4-23(5-10(2)27-9)15-11(6-25)3-12-14(22-28-16(12)13(15)19)17(26)24-7-18(20,21)8-24/h3,6,9-10H,4-5,7-8H2,1-2H3/t9-,10+. The van der Waals surface area contributed by atoms with Crippen LogP contribution in [0.4, 0.5) is 18.9 Å². The number of aromatic nitrogens is 1. The van der Waals surface area contributed by atoms with E-state index in [1.165, 1.54) is 6.07 Å². The van der Waals surface area contributed by atoms with Crippen LogP contribution < -0.4 is 4.90 Å². The Balaban J connectivity index is 1.75. The molecule has 28 heavy (non-hydrogen) atoms. The fraction of sp³-hybridized carbons (Fsp3) is 0.500. The lowest BCUT2D eigenvalue weighted by molar-refractivity contribution is -0.113. The van der Waals surface area contributed by atoms with E-state index in [2.05, 4.69) is 5.16 Å². The Kier molecular flexibility index (Phi) is 4.33. The van der Waals surface area contributed by atoms with Gasteiger partial charge in [0, 0.05) is 18.7 Å². The molecule has 0 bridgehead atoms. The highest BCUT2D eigenvalue weighted by molar-refractivity contribution is 6.07. The van der Waals surface area contributed by atoms with Gasteiger partial charge in [0.1, 0.15) is 0 Å². The first-order chi connectivity index (χ1) is 13.2. The van der Waals surface area contributed by atoms with E-state index in [9.17, 15) is 18.4 Å². The molecule has 2 aliphatic heterocycles. The first-order valence-corrected chi connectivity index (χ1v) is 8.84. The summed E-state index contributed by atoms with van der Waals surface area (Å²) in [5.41, 5.74) is -0.501. The van der Waals surface area contributed by atoms with Crippen LogP contribution >= 0.6 is 0 Å². The second-order valence-corrected chi connectivity index (χ2v) is 7.33. The van der Waals surface area contributed by atoms with Gasteiger partial charge in [0.15, 0.2) is 17.8 Å². The molecule has 1 amide bonds. The van der Waals surface area contributed by atoms with Gasteiger partial charge in [-0.3, -0.25) is 9.59 Å². The molecule has 150 valence electrons. The second kappa shape index (κ2) is 6.47. The van der Waals surface area contributed by atoms with Crippen molar-refractivity contribution in [1.29, 1.82) is 0 Å². The first-order valence-electron chi connectivity index (χ1n) is 8.84. The molecule has 0 saturated carbocycles. The molecule has 4 rings (SSSR count). The lowest BCUT2D eigenvalue weighted by Gasteiger charge is -2.38. The Morgan fingerprint density at radius 3 is 2.50 bits per heavy atom. The number of alkyl halides is 2. The Labute approximate surface area is 158 Å². The number of carbonyl (C=O) groups excluding carboxylic acids is 2. The van der Waals surface area contributed by atoms with E-state index >= 15 is 4.39 Å². The van der Waals surface area contributed by atoms with Crippen LogP contribution in [0.3, 0.4) is 0 Å². The van der Waals surface area contributed by atoms with Crippen molar-refractivity contribution in [3.63, 3.8) is 0 Å². The van der Waals surface area contributed by atoms with Crippen molar-refractivity contribution in [3.8, 4) is 0 Å². The maximum absolute atomic E-state index is 15.2. The zero-order chi connectivity index (χ0) is 20.2. The van der Waals surface area contributed by atoms with Gasteiger partial charge in [0.2, 0.25) is 5.58 Å². The zero-order valence-corrected chi connectivity index (χ0v) is 15.2.